The summed E-state index contributed by atoms with van der Waals surface area (Å²) in [6.07, 6.45) is 0.850. The normalized spacial score (nSPS) is 22.8. The highest BCUT2D eigenvalue weighted by Gasteiger charge is 2.40. The van der Waals surface area contributed by atoms with Crippen LogP contribution in [0.15, 0.2) is 18.2 Å². The number of anilines is 1. The molecule has 0 aliphatic carbocycles. The molecule has 0 bridgehead atoms. The Hall–Kier alpha value is -1.58. The Morgan fingerprint density at radius 2 is 2.16 bits per heavy atom. The summed E-state index contributed by atoms with van der Waals surface area (Å²) in [6.45, 7) is 7.77. The number of fused-ring (bicyclic) bond motifs is 1. The van der Waals surface area contributed by atoms with Gasteiger partial charge in [-0.2, -0.15) is 0 Å². The third kappa shape index (κ3) is 2.31. The second-order valence-corrected chi connectivity index (χ2v) is 6.00. The van der Waals surface area contributed by atoms with Gasteiger partial charge in [-0.05, 0) is 50.8 Å². The number of carboxylic acid groups (broad SMARTS) is 1. The van der Waals surface area contributed by atoms with E-state index in [0.29, 0.717) is 11.6 Å². The lowest BCUT2D eigenvalue weighted by molar-refractivity contribution is -0.138. The molecule has 1 aromatic rings. The zero-order valence-electron chi connectivity index (χ0n) is 11.8. The predicted molar refractivity (Wildman–Crippen MR) is 73.1 cm³/mol. The van der Waals surface area contributed by atoms with Gasteiger partial charge in [0.15, 0.2) is 0 Å². The van der Waals surface area contributed by atoms with Crippen LogP contribution in [0.1, 0.15) is 45.6 Å². The van der Waals surface area contributed by atoms with Crippen LogP contribution in [0.4, 0.5) is 10.1 Å². The number of nitrogens with zero attached hydrogens (tertiary/aromatic N) is 1. The number of carbonyl (C=O) groups is 1. The van der Waals surface area contributed by atoms with Gasteiger partial charge >= 0.3 is 5.97 Å². The van der Waals surface area contributed by atoms with Gasteiger partial charge in [-0.25, -0.2) is 9.18 Å². The van der Waals surface area contributed by atoms with Crippen LogP contribution in [0, 0.1) is 5.82 Å². The maximum Gasteiger partial charge on any atom is 0.326 e. The largest absolute Gasteiger partial charge is 0.480 e. The average molecular weight is 265 g/mol. The van der Waals surface area contributed by atoms with Gasteiger partial charge in [0.1, 0.15) is 11.9 Å². The number of benzene rings is 1. The van der Waals surface area contributed by atoms with Gasteiger partial charge in [0.25, 0.3) is 0 Å². The Kier molecular flexibility index (Phi) is 3.29. The molecule has 1 heterocycles. The lowest BCUT2D eigenvalue weighted by atomic mass is 9.79. The van der Waals surface area contributed by atoms with E-state index in [-0.39, 0.29) is 11.4 Å². The third-order valence-corrected chi connectivity index (χ3v) is 3.99. The summed E-state index contributed by atoms with van der Waals surface area (Å²) in [6, 6.07) is 3.98. The first-order valence-electron chi connectivity index (χ1n) is 6.55. The number of hydrogen-bond acceptors (Lipinski definition) is 2. The second-order valence-electron chi connectivity index (χ2n) is 6.00. The Balaban J connectivity index is 2.60. The Labute approximate surface area is 113 Å². The number of hydrogen-bond donors (Lipinski definition) is 1. The summed E-state index contributed by atoms with van der Waals surface area (Å²) in [5.41, 5.74) is 1.42. The monoisotopic (exact) mass is 265 g/mol. The van der Waals surface area contributed by atoms with Crippen LogP contribution in [0.25, 0.3) is 0 Å². The number of halogens is 1. The first-order valence-corrected chi connectivity index (χ1v) is 6.55. The van der Waals surface area contributed by atoms with Crippen molar-refractivity contribution in [3.63, 3.8) is 0 Å². The van der Waals surface area contributed by atoms with Crippen molar-refractivity contribution >= 4 is 11.7 Å². The SMILES string of the molecule is C[C@@H]1CC(C)(C)N([C@@H](C)C(=O)O)c2cc(F)ccc21. The first-order chi connectivity index (χ1) is 8.74. The molecule has 0 saturated carbocycles. The molecule has 1 aliphatic heterocycles. The molecule has 1 N–H and O–H groups in total. The van der Waals surface area contributed by atoms with Crippen molar-refractivity contribution in [3.05, 3.63) is 29.6 Å². The molecule has 0 fully saturated rings. The van der Waals surface area contributed by atoms with E-state index in [4.69, 9.17) is 0 Å². The van der Waals surface area contributed by atoms with Crippen molar-refractivity contribution in [2.24, 2.45) is 0 Å². The van der Waals surface area contributed by atoms with Crippen molar-refractivity contribution in [3.8, 4) is 0 Å². The Bertz CT molecular complexity index is 513. The molecule has 0 amide bonds. The van der Waals surface area contributed by atoms with E-state index >= 15 is 0 Å². The first kappa shape index (κ1) is 13.8. The standard InChI is InChI=1S/C15H20FNO2/c1-9-8-15(3,4)17(10(2)14(18)19)13-7-11(16)5-6-12(9)13/h5-7,9-10H,8H2,1-4H3,(H,18,19)/t9-,10+/m1/s1. The molecule has 1 aromatic carbocycles. The van der Waals surface area contributed by atoms with E-state index in [0.717, 1.165) is 12.0 Å². The van der Waals surface area contributed by atoms with Crippen LogP contribution in [-0.2, 0) is 4.79 Å². The minimum Gasteiger partial charge on any atom is -0.480 e. The van der Waals surface area contributed by atoms with Gasteiger partial charge in [-0.1, -0.05) is 13.0 Å². The van der Waals surface area contributed by atoms with Gasteiger partial charge in [-0.3, -0.25) is 0 Å². The quantitative estimate of drug-likeness (QED) is 0.891. The van der Waals surface area contributed by atoms with E-state index in [2.05, 4.69) is 6.92 Å². The molecule has 4 heteroatoms. The molecule has 0 spiro atoms. The Morgan fingerprint density at radius 3 is 2.74 bits per heavy atom. The van der Waals surface area contributed by atoms with E-state index < -0.39 is 12.0 Å². The molecular weight excluding hydrogens is 245 g/mol. The zero-order chi connectivity index (χ0) is 14.4. The minimum absolute atomic E-state index is 0.294. The fourth-order valence-corrected chi connectivity index (χ4v) is 3.27. The summed E-state index contributed by atoms with van der Waals surface area (Å²) >= 11 is 0. The topological polar surface area (TPSA) is 40.5 Å². The fraction of sp³-hybridized carbons (Fsp3) is 0.533. The molecule has 2 rings (SSSR count). The molecule has 0 saturated heterocycles. The molecule has 3 nitrogen and oxygen atoms in total. The van der Waals surface area contributed by atoms with Gasteiger partial charge in [0.2, 0.25) is 0 Å². The van der Waals surface area contributed by atoms with Crippen molar-refractivity contribution in [2.45, 2.75) is 51.6 Å². The highest BCUT2D eigenvalue weighted by atomic mass is 19.1. The number of carboxylic acids is 1. The third-order valence-electron chi connectivity index (χ3n) is 3.99. The maximum absolute atomic E-state index is 13.5. The van der Waals surface area contributed by atoms with Gasteiger partial charge in [-0.15, -0.1) is 0 Å². The van der Waals surface area contributed by atoms with Crippen LogP contribution in [0.5, 0.6) is 0 Å². The van der Waals surface area contributed by atoms with Crippen LogP contribution in [0.3, 0.4) is 0 Å². The summed E-state index contributed by atoms with van der Waals surface area (Å²) < 4.78 is 13.5. The van der Waals surface area contributed by atoms with Gasteiger partial charge < -0.3 is 10.0 Å². The van der Waals surface area contributed by atoms with Gasteiger partial charge in [0.05, 0.1) is 0 Å². The smallest absolute Gasteiger partial charge is 0.326 e. The molecule has 1 aliphatic rings. The lowest BCUT2D eigenvalue weighted by Gasteiger charge is -2.49. The molecule has 0 radical (unpaired) electrons. The average Bonchev–Trinajstić information content (AvgIpc) is 2.26. The summed E-state index contributed by atoms with van der Waals surface area (Å²) in [4.78, 5) is 13.2. The summed E-state index contributed by atoms with van der Waals surface area (Å²) in [5.74, 6) is -0.924. The van der Waals surface area contributed by atoms with Gasteiger partial charge in [0, 0.05) is 11.2 Å². The second kappa shape index (κ2) is 4.51. The van der Waals surface area contributed by atoms with Crippen molar-refractivity contribution in [2.75, 3.05) is 4.90 Å². The lowest BCUT2D eigenvalue weighted by Crippen LogP contribution is -2.55. The van der Waals surface area contributed by atoms with E-state index in [1.807, 2.05) is 18.7 Å². The molecular formula is C15H20FNO2. The number of rotatable bonds is 2. The minimum atomic E-state index is -0.891. The summed E-state index contributed by atoms with van der Waals surface area (Å²) in [5, 5.41) is 9.29. The number of aliphatic carboxylic acids is 1. The molecule has 104 valence electrons. The predicted octanol–water partition coefficient (Wildman–Crippen LogP) is 3.39. The highest BCUT2D eigenvalue weighted by Crippen LogP contribution is 2.44. The van der Waals surface area contributed by atoms with Crippen molar-refractivity contribution < 1.29 is 14.3 Å². The molecule has 19 heavy (non-hydrogen) atoms. The van der Waals surface area contributed by atoms with E-state index in [1.165, 1.54) is 12.1 Å². The van der Waals surface area contributed by atoms with E-state index in [9.17, 15) is 14.3 Å². The zero-order valence-corrected chi connectivity index (χ0v) is 11.8. The van der Waals surface area contributed by atoms with Crippen molar-refractivity contribution in [1.82, 2.24) is 0 Å². The van der Waals surface area contributed by atoms with Crippen LogP contribution in [-0.4, -0.2) is 22.7 Å². The van der Waals surface area contributed by atoms with Crippen LogP contribution >= 0.6 is 0 Å². The van der Waals surface area contributed by atoms with Crippen LogP contribution < -0.4 is 4.90 Å². The molecule has 2 atom stereocenters. The maximum atomic E-state index is 13.5. The highest BCUT2D eigenvalue weighted by molar-refractivity contribution is 5.79. The molecule has 0 aromatic heterocycles. The Morgan fingerprint density at radius 1 is 1.53 bits per heavy atom. The van der Waals surface area contributed by atoms with Crippen LogP contribution in [0.2, 0.25) is 0 Å². The summed E-state index contributed by atoms with van der Waals surface area (Å²) in [7, 11) is 0. The van der Waals surface area contributed by atoms with Crippen molar-refractivity contribution in [1.29, 1.82) is 0 Å². The van der Waals surface area contributed by atoms with E-state index in [1.54, 1.807) is 13.0 Å². The fourth-order valence-electron chi connectivity index (χ4n) is 3.27. The molecule has 0 unspecified atom stereocenters.